The first-order chi connectivity index (χ1) is 18.3. The summed E-state index contributed by atoms with van der Waals surface area (Å²) < 4.78 is 8.00. The molecule has 7 nitrogen and oxygen atoms in total. The molecule has 0 saturated carbocycles. The van der Waals surface area contributed by atoms with Crippen molar-refractivity contribution in [2.24, 2.45) is 7.05 Å². The number of rotatable bonds is 7. The number of aliphatic carboxylic acids is 1. The van der Waals surface area contributed by atoms with E-state index in [0.29, 0.717) is 6.61 Å². The van der Waals surface area contributed by atoms with Crippen molar-refractivity contribution in [2.75, 3.05) is 6.54 Å². The molecule has 5 rings (SSSR count). The summed E-state index contributed by atoms with van der Waals surface area (Å²) in [7, 11) is 1.87. The fraction of sp³-hybridized carbons (Fsp3) is 0.387. The van der Waals surface area contributed by atoms with E-state index in [4.69, 9.17) is 4.74 Å². The number of aromatic nitrogens is 3. The molecule has 0 radical (unpaired) electrons. The molecule has 198 valence electrons. The minimum absolute atomic E-state index is 0.0119. The standard InChI is InChI=1S/C31H36N4O3/c1-5-26-18-35(16-23-8-6-7-9-24(23)19-38-26)17-25-14-22(11-10-20(25)2)28(15-30(36)37)27-12-13-29-31(21(27)3)32-33-34(29)4/h6-14,26,28H,5,15-19H2,1-4H3,(H,36,37)/t26?,28-/m0/s1. The van der Waals surface area contributed by atoms with Crippen LogP contribution in [0, 0.1) is 13.8 Å². The lowest BCUT2D eigenvalue weighted by Gasteiger charge is -2.31. The largest absolute Gasteiger partial charge is 0.481 e. The van der Waals surface area contributed by atoms with Crippen molar-refractivity contribution in [3.63, 3.8) is 0 Å². The van der Waals surface area contributed by atoms with Crippen molar-refractivity contribution in [1.29, 1.82) is 0 Å². The Balaban J connectivity index is 1.50. The third-order valence-corrected chi connectivity index (χ3v) is 7.91. The molecule has 0 fully saturated rings. The molecule has 0 spiro atoms. The number of hydrogen-bond donors (Lipinski definition) is 1. The number of hydrogen-bond acceptors (Lipinski definition) is 5. The summed E-state index contributed by atoms with van der Waals surface area (Å²) in [6, 6.07) is 18.9. The number of carbonyl (C=O) groups is 1. The number of benzene rings is 3. The number of fused-ring (bicyclic) bond motifs is 2. The molecular weight excluding hydrogens is 476 g/mol. The van der Waals surface area contributed by atoms with Crippen molar-refractivity contribution in [1.82, 2.24) is 19.9 Å². The molecule has 2 heterocycles. The fourth-order valence-electron chi connectivity index (χ4n) is 5.60. The van der Waals surface area contributed by atoms with Gasteiger partial charge in [-0.25, -0.2) is 4.68 Å². The molecule has 0 saturated heterocycles. The maximum Gasteiger partial charge on any atom is 0.304 e. The quantitative estimate of drug-likeness (QED) is 0.352. The van der Waals surface area contributed by atoms with E-state index in [1.807, 2.05) is 26.1 Å². The first-order valence-corrected chi connectivity index (χ1v) is 13.3. The lowest BCUT2D eigenvalue weighted by Crippen LogP contribution is -2.35. The Kier molecular flexibility index (Phi) is 7.58. The smallest absolute Gasteiger partial charge is 0.304 e. The molecule has 0 aliphatic carbocycles. The van der Waals surface area contributed by atoms with Crippen LogP contribution in [0.2, 0.25) is 0 Å². The highest BCUT2D eigenvalue weighted by molar-refractivity contribution is 5.80. The van der Waals surface area contributed by atoms with E-state index < -0.39 is 5.97 Å². The van der Waals surface area contributed by atoms with E-state index in [1.165, 1.54) is 22.3 Å². The van der Waals surface area contributed by atoms with Crippen molar-refractivity contribution in [3.05, 3.63) is 93.5 Å². The molecule has 3 aromatic carbocycles. The van der Waals surface area contributed by atoms with Gasteiger partial charge in [-0.2, -0.15) is 0 Å². The second-order valence-electron chi connectivity index (χ2n) is 10.5. The van der Waals surface area contributed by atoms with Gasteiger partial charge in [0.2, 0.25) is 0 Å². The lowest BCUT2D eigenvalue weighted by molar-refractivity contribution is -0.137. The Morgan fingerprint density at radius 1 is 1.13 bits per heavy atom. The molecule has 1 aliphatic heterocycles. The van der Waals surface area contributed by atoms with Crippen LogP contribution in [-0.2, 0) is 36.3 Å². The highest BCUT2D eigenvalue weighted by atomic mass is 16.5. The summed E-state index contributed by atoms with van der Waals surface area (Å²) >= 11 is 0. The molecule has 1 N–H and O–H groups in total. The third-order valence-electron chi connectivity index (χ3n) is 7.91. The van der Waals surface area contributed by atoms with Crippen LogP contribution in [0.15, 0.2) is 54.6 Å². The lowest BCUT2D eigenvalue weighted by atomic mass is 9.84. The summed E-state index contributed by atoms with van der Waals surface area (Å²) in [5, 5.41) is 18.4. The average molecular weight is 513 g/mol. The van der Waals surface area contributed by atoms with E-state index in [2.05, 4.69) is 71.5 Å². The van der Waals surface area contributed by atoms with Crippen LogP contribution in [-0.4, -0.2) is 43.6 Å². The van der Waals surface area contributed by atoms with E-state index in [0.717, 1.165) is 53.8 Å². The highest BCUT2D eigenvalue weighted by Gasteiger charge is 2.24. The third kappa shape index (κ3) is 5.35. The van der Waals surface area contributed by atoms with Crippen LogP contribution in [0.5, 0.6) is 0 Å². The minimum Gasteiger partial charge on any atom is -0.481 e. The summed E-state index contributed by atoms with van der Waals surface area (Å²) in [4.78, 5) is 14.5. The zero-order valence-corrected chi connectivity index (χ0v) is 22.6. The van der Waals surface area contributed by atoms with Crippen molar-refractivity contribution >= 4 is 17.0 Å². The summed E-state index contributed by atoms with van der Waals surface area (Å²) in [6.07, 6.45) is 1.15. The second-order valence-corrected chi connectivity index (χ2v) is 10.5. The van der Waals surface area contributed by atoms with Crippen LogP contribution >= 0.6 is 0 Å². The molecule has 7 heteroatoms. The van der Waals surface area contributed by atoms with E-state index in [9.17, 15) is 9.90 Å². The van der Waals surface area contributed by atoms with Gasteiger partial charge in [0.1, 0.15) is 5.52 Å². The van der Waals surface area contributed by atoms with Gasteiger partial charge in [0.15, 0.2) is 0 Å². The van der Waals surface area contributed by atoms with Crippen molar-refractivity contribution in [3.8, 4) is 0 Å². The monoisotopic (exact) mass is 512 g/mol. The van der Waals surface area contributed by atoms with Crippen LogP contribution in [0.3, 0.4) is 0 Å². The zero-order valence-electron chi connectivity index (χ0n) is 22.6. The number of carboxylic acid groups (broad SMARTS) is 1. The summed E-state index contributed by atoms with van der Waals surface area (Å²) in [6.45, 7) is 9.47. The first kappa shape index (κ1) is 26.1. The first-order valence-electron chi connectivity index (χ1n) is 13.3. The minimum atomic E-state index is -0.820. The molecule has 2 atom stereocenters. The molecule has 1 aliphatic rings. The molecular formula is C31H36N4O3. The number of aryl methyl sites for hydroxylation is 3. The van der Waals surface area contributed by atoms with Gasteiger partial charge in [0, 0.05) is 32.6 Å². The van der Waals surface area contributed by atoms with E-state index in [-0.39, 0.29) is 18.4 Å². The zero-order chi connectivity index (χ0) is 26.8. The number of ether oxygens (including phenoxy) is 1. The predicted molar refractivity (Wildman–Crippen MR) is 148 cm³/mol. The predicted octanol–water partition coefficient (Wildman–Crippen LogP) is 5.50. The van der Waals surface area contributed by atoms with E-state index >= 15 is 0 Å². The molecule has 4 aromatic rings. The van der Waals surface area contributed by atoms with Crippen molar-refractivity contribution < 1.29 is 14.6 Å². The Morgan fingerprint density at radius 2 is 1.92 bits per heavy atom. The Morgan fingerprint density at radius 3 is 2.68 bits per heavy atom. The summed E-state index contributed by atoms with van der Waals surface area (Å²) in [5.74, 6) is -1.10. The fourth-order valence-corrected chi connectivity index (χ4v) is 5.60. The van der Waals surface area contributed by atoms with Gasteiger partial charge in [-0.15, -0.1) is 5.10 Å². The Bertz CT molecular complexity index is 1460. The van der Waals surface area contributed by atoms with Crippen LogP contribution in [0.25, 0.3) is 11.0 Å². The number of nitrogens with zero attached hydrogens (tertiary/aromatic N) is 4. The second kappa shape index (κ2) is 11.1. The maximum absolute atomic E-state index is 12.0. The van der Waals surface area contributed by atoms with Crippen LogP contribution < -0.4 is 0 Å². The van der Waals surface area contributed by atoms with Gasteiger partial charge in [-0.3, -0.25) is 9.69 Å². The van der Waals surface area contributed by atoms with Crippen LogP contribution in [0.4, 0.5) is 0 Å². The van der Waals surface area contributed by atoms with Gasteiger partial charge in [0.25, 0.3) is 0 Å². The molecule has 0 amide bonds. The van der Waals surface area contributed by atoms with Gasteiger partial charge < -0.3 is 9.84 Å². The SMILES string of the molecule is CCC1CN(Cc2cc([C@H](CC(=O)O)c3ccc4c(nnn4C)c3C)ccc2C)Cc2ccccc2CO1. The normalized spacial score (nSPS) is 17.1. The molecule has 38 heavy (non-hydrogen) atoms. The Hall–Kier alpha value is -3.55. The highest BCUT2D eigenvalue weighted by Crippen LogP contribution is 2.34. The van der Waals surface area contributed by atoms with Crippen molar-refractivity contribution in [2.45, 2.75) is 65.3 Å². The molecule has 1 aromatic heterocycles. The average Bonchev–Trinajstić information content (AvgIpc) is 3.27. The topological polar surface area (TPSA) is 80.5 Å². The van der Waals surface area contributed by atoms with Crippen LogP contribution in [0.1, 0.15) is 64.6 Å². The van der Waals surface area contributed by atoms with Gasteiger partial charge in [-0.1, -0.05) is 60.7 Å². The van der Waals surface area contributed by atoms with E-state index in [1.54, 1.807) is 4.68 Å². The summed E-state index contributed by atoms with van der Waals surface area (Å²) in [5.41, 5.74) is 9.69. The van der Waals surface area contributed by atoms with Gasteiger partial charge in [-0.05, 0) is 65.3 Å². The maximum atomic E-state index is 12.0. The molecule has 1 unspecified atom stereocenters. The number of carboxylic acids is 1. The Labute approximate surface area is 224 Å². The van der Waals surface area contributed by atoms with Gasteiger partial charge >= 0.3 is 5.97 Å². The van der Waals surface area contributed by atoms with Gasteiger partial charge in [0.05, 0.1) is 24.6 Å². The molecule has 0 bridgehead atoms.